The van der Waals surface area contributed by atoms with E-state index in [1.165, 1.54) is 0 Å². The molecule has 0 saturated carbocycles. The largest absolute Gasteiger partial charge is 0.490 e. The highest BCUT2D eigenvalue weighted by molar-refractivity contribution is 6.01. The van der Waals surface area contributed by atoms with Gasteiger partial charge in [0.25, 0.3) is 0 Å². The van der Waals surface area contributed by atoms with Gasteiger partial charge in [-0.25, -0.2) is 9.78 Å². The molecule has 2 heterocycles. The Bertz CT molecular complexity index is 917. The molecule has 1 aliphatic heterocycles. The number of nitrogens with zero attached hydrogens (tertiary/aromatic N) is 2. The van der Waals surface area contributed by atoms with E-state index in [-0.39, 0.29) is 5.91 Å². The predicted molar refractivity (Wildman–Crippen MR) is 92.6 cm³/mol. The summed E-state index contributed by atoms with van der Waals surface area (Å²) in [5, 5.41) is 9.00. The first-order chi connectivity index (χ1) is 13.0. The van der Waals surface area contributed by atoms with E-state index < -0.39 is 24.0 Å². The summed E-state index contributed by atoms with van der Waals surface area (Å²) in [6.45, 7) is 1.03. The molecule has 28 heavy (non-hydrogen) atoms. The Balaban J connectivity index is 0.000000345. The van der Waals surface area contributed by atoms with Crippen LogP contribution in [0.25, 0.3) is 10.8 Å². The van der Waals surface area contributed by atoms with Crippen molar-refractivity contribution in [3.05, 3.63) is 36.0 Å². The third kappa shape index (κ3) is 4.87. The molecule has 1 atom stereocenters. The van der Waals surface area contributed by atoms with Crippen LogP contribution in [-0.4, -0.2) is 45.5 Å². The van der Waals surface area contributed by atoms with E-state index in [4.69, 9.17) is 21.4 Å². The van der Waals surface area contributed by atoms with Crippen LogP contribution in [0.4, 0.5) is 19.0 Å². The zero-order valence-corrected chi connectivity index (χ0v) is 14.4. The highest BCUT2D eigenvalue weighted by Gasteiger charge is 2.38. The second kappa shape index (κ2) is 8.11. The number of hydrogen-bond acceptors (Lipinski definition) is 5. The molecule has 11 heteroatoms. The molecule has 2 aromatic rings. The molecule has 2 amide bonds. The third-order valence-electron chi connectivity index (χ3n) is 4.12. The van der Waals surface area contributed by atoms with Crippen LogP contribution in [0.1, 0.15) is 12.0 Å². The molecule has 150 valence electrons. The number of halogens is 3. The molecular weight excluding hydrogens is 381 g/mol. The Labute approximate surface area is 156 Å². The van der Waals surface area contributed by atoms with Crippen molar-refractivity contribution < 1.29 is 32.7 Å². The summed E-state index contributed by atoms with van der Waals surface area (Å²) in [6.07, 6.45) is -2.93. The van der Waals surface area contributed by atoms with Crippen molar-refractivity contribution in [2.24, 2.45) is 11.7 Å². The minimum absolute atomic E-state index is 0.183. The standard InChI is InChI=1S/C15H16N4O2.C2HF3O2/c16-13-11-2-1-9(7-10(11)3-5-18-13)8-19-6-4-12(14(17)20)15(19)21;3-2(4,5)1(6)7/h1-3,5,7,12H,4,6,8H2,(H2,16,18)(H2,17,20);(H,6,7)/t12-;/m0./s1. The number of carboxylic acids is 1. The smallest absolute Gasteiger partial charge is 0.475 e. The molecule has 0 radical (unpaired) electrons. The maximum absolute atomic E-state index is 12.1. The fraction of sp³-hybridized carbons (Fsp3) is 0.294. The minimum Gasteiger partial charge on any atom is -0.475 e. The van der Waals surface area contributed by atoms with Crippen LogP contribution < -0.4 is 11.5 Å². The molecule has 1 aromatic carbocycles. The third-order valence-corrected chi connectivity index (χ3v) is 4.12. The number of pyridine rings is 1. The zero-order valence-electron chi connectivity index (χ0n) is 14.4. The highest BCUT2D eigenvalue weighted by atomic mass is 19.4. The molecule has 1 aromatic heterocycles. The molecule has 1 aliphatic rings. The van der Waals surface area contributed by atoms with Gasteiger partial charge >= 0.3 is 12.1 Å². The second-order valence-electron chi connectivity index (χ2n) is 6.06. The monoisotopic (exact) mass is 398 g/mol. The van der Waals surface area contributed by atoms with E-state index in [0.717, 1.165) is 16.3 Å². The van der Waals surface area contributed by atoms with Crippen LogP contribution in [0.2, 0.25) is 0 Å². The van der Waals surface area contributed by atoms with Gasteiger partial charge in [0.1, 0.15) is 11.7 Å². The summed E-state index contributed by atoms with van der Waals surface area (Å²) in [5.74, 6) is -3.67. The van der Waals surface area contributed by atoms with Crippen molar-refractivity contribution in [3.63, 3.8) is 0 Å². The topological polar surface area (TPSA) is 140 Å². The molecule has 1 saturated heterocycles. The number of aromatic nitrogens is 1. The van der Waals surface area contributed by atoms with Crippen LogP contribution in [0, 0.1) is 5.92 Å². The van der Waals surface area contributed by atoms with Gasteiger partial charge < -0.3 is 21.5 Å². The van der Waals surface area contributed by atoms with Crippen LogP contribution >= 0.6 is 0 Å². The van der Waals surface area contributed by atoms with Crippen molar-refractivity contribution in [3.8, 4) is 0 Å². The van der Waals surface area contributed by atoms with Crippen LogP contribution in [0.5, 0.6) is 0 Å². The minimum atomic E-state index is -5.08. The highest BCUT2D eigenvalue weighted by Crippen LogP contribution is 2.24. The number of primary amides is 1. The Morgan fingerprint density at radius 1 is 1.29 bits per heavy atom. The first-order valence-corrected chi connectivity index (χ1v) is 8.02. The number of hydrogen-bond donors (Lipinski definition) is 3. The SMILES string of the molecule is NC(=O)[C@@H]1CCN(Cc2ccc3c(N)nccc3c2)C1=O.O=C(O)C(F)(F)F. The molecule has 3 rings (SSSR count). The van der Waals surface area contributed by atoms with Gasteiger partial charge in [-0.05, 0) is 29.5 Å². The van der Waals surface area contributed by atoms with Gasteiger partial charge in [0.2, 0.25) is 11.8 Å². The summed E-state index contributed by atoms with van der Waals surface area (Å²) in [5.41, 5.74) is 12.0. The van der Waals surface area contributed by atoms with E-state index in [1.807, 2.05) is 24.3 Å². The average Bonchev–Trinajstić information content (AvgIpc) is 2.95. The summed E-state index contributed by atoms with van der Waals surface area (Å²) in [4.78, 5) is 37.8. The molecule has 0 aliphatic carbocycles. The zero-order chi connectivity index (χ0) is 21.1. The first-order valence-electron chi connectivity index (χ1n) is 8.02. The number of aliphatic carboxylic acids is 1. The fourth-order valence-corrected chi connectivity index (χ4v) is 2.73. The normalized spacial score (nSPS) is 16.6. The lowest BCUT2D eigenvalue weighted by Crippen LogP contribution is -2.33. The Hall–Kier alpha value is -3.37. The lowest BCUT2D eigenvalue weighted by atomic mass is 10.1. The number of amides is 2. The number of fused-ring (bicyclic) bond motifs is 1. The summed E-state index contributed by atoms with van der Waals surface area (Å²) in [7, 11) is 0. The molecule has 0 unspecified atom stereocenters. The van der Waals surface area contributed by atoms with E-state index in [0.29, 0.717) is 25.3 Å². The second-order valence-corrected chi connectivity index (χ2v) is 6.06. The number of anilines is 1. The van der Waals surface area contributed by atoms with Gasteiger partial charge in [-0.15, -0.1) is 0 Å². The average molecular weight is 398 g/mol. The van der Waals surface area contributed by atoms with E-state index in [9.17, 15) is 22.8 Å². The van der Waals surface area contributed by atoms with Gasteiger partial charge in [0, 0.05) is 24.7 Å². The molecule has 5 N–H and O–H groups in total. The Morgan fingerprint density at radius 2 is 1.93 bits per heavy atom. The lowest BCUT2D eigenvalue weighted by Gasteiger charge is -2.16. The summed E-state index contributed by atoms with van der Waals surface area (Å²) in [6, 6.07) is 7.69. The predicted octanol–water partition coefficient (Wildman–Crippen LogP) is 1.28. The van der Waals surface area contributed by atoms with Crippen molar-refractivity contribution in [1.29, 1.82) is 0 Å². The number of nitrogens with two attached hydrogens (primary N) is 2. The quantitative estimate of drug-likeness (QED) is 0.666. The van der Waals surface area contributed by atoms with Crippen molar-refractivity contribution >= 4 is 34.4 Å². The number of carbonyl (C=O) groups is 3. The number of carbonyl (C=O) groups excluding carboxylic acids is 2. The number of benzene rings is 1. The van der Waals surface area contributed by atoms with Crippen LogP contribution in [0.3, 0.4) is 0 Å². The number of carboxylic acid groups (broad SMARTS) is 1. The molecular formula is C17H17F3N4O4. The van der Waals surface area contributed by atoms with Gasteiger partial charge in [0.15, 0.2) is 0 Å². The fourth-order valence-electron chi connectivity index (χ4n) is 2.73. The van der Waals surface area contributed by atoms with Gasteiger partial charge in [0.05, 0.1) is 0 Å². The van der Waals surface area contributed by atoms with Crippen LogP contribution in [-0.2, 0) is 20.9 Å². The Morgan fingerprint density at radius 3 is 2.46 bits per heavy atom. The number of alkyl halides is 3. The van der Waals surface area contributed by atoms with Gasteiger partial charge in [-0.3, -0.25) is 9.59 Å². The van der Waals surface area contributed by atoms with Gasteiger partial charge in [-0.2, -0.15) is 13.2 Å². The van der Waals surface area contributed by atoms with Gasteiger partial charge in [-0.1, -0.05) is 12.1 Å². The van der Waals surface area contributed by atoms with Crippen molar-refractivity contribution in [2.75, 3.05) is 12.3 Å². The summed E-state index contributed by atoms with van der Waals surface area (Å²) < 4.78 is 31.7. The van der Waals surface area contributed by atoms with Crippen molar-refractivity contribution in [2.45, 2.75) is 19.1 Å². The Kier molecular flexibility index (Phi) is 6.06. The number of nitrogen functional groups attached to an aromatic ring is 1. The number of likely N-dealkylation sites (tertiary alicyclic amines) is 1. The molecule has 0 spiro atoms. The maximum atomic E-state index is 12.1. The first kappa shape index (κ1) is 20.9. The van der Waals surface area contributed by atoms with Crippen LogP contribution in [0.15, 0.2) is 30.5 Å². The molecule has 1 fully saturated rings. The van der Waals surface area contributed by atoms with Crippen molar-refractivity contribution in [1.82, 2.24) is 9.88 Å². The maximum Gasteiger partial charge on any atom is 0.490 e. The number of rotatable bonds is 3. The van der Waals surface area contributed by atoms with E-state index >= 15 is 0 Å². The van der Waals surface area contributed by atoms with E-state index in [1.54, 1.807) is 11.1 Å². The van der Waals surface area contributed by atoms with E-state index in [2.05, 4.69) is 4.98 Å². The molecule has 8 nitrogen and oxygen atoms in total. The lowest BCUT2D eigenvalue weighted by molar-refractivity contribution is -0.192. The molecule has 0 bridgehead atoms. The summed E-state index contributed by atoms with van der Waals surface area (Å²) >= 11 is 0.